The molecule has 9 heteroatoms. The first-order valence-corrected chi connectivity index (χ1v) is 11.1. The Morgan fingerprint density at radius 2 is 1.88 bits per heavy atom. The van der Waals surface area contributed by atoms with Crippen LogP contribution in [0.25, 0.3) is 5.76 Å². The van der Waals surface area contributed by atoms with Crippen molar-refractivity contribution in [2.24, 2.45) is 0 Å². The summed E-state index contributed by atoms with van der Waals surface area (Å²) in [6.45, 7) is 6.54. The molecule has 1 saturated heterocycles. The summed E-state index contributed by atoms with van der Waals surface area (Å²) < 4.78 is 5.62. The quantitative estimate of drug-likeness (QED) is 0.323. The first-order chi connectivity index (χ1) is 15.3. The Balaban J connectivity index is 2.17. The number of halogens is 1. The number of hydrogen-bond acceptors (Lipinski definition) is 7. The lowest BCUT2D eigenvalue weighted by Crippen LogP contribution is -2.38. The predicted octanol–water partition coefficient (Wildman–Crippen LogP) is 3.32. The molecule has 1 fully saturated rings. The average Bonchev–Trinajstić information content (AvgIpc) is 3.06. The molecule has 1 aliphatic rings. The molecule has 2 N–H and O–H groups in total. The van der Waals surface area contributed by atoms with Gasteiger partial charge in [-0.1, -0.05) is 13.8 Å². The number of phenols is 1. The number of amides is 1. The molecule has 170 valence electrons. The zero-order valence-corrected chi connectivity index (χ0v) is 19.8. The van der Waals surface area contributed by atoms with Crippen LogP contribution in [0.1, 0.15) is 31.0 Å². The van der Waals surface area contributed by atoms with Crippen LogP contribution in [0.3, 0.4) is 0 Å². The Morgan fingerprint density at radius 3 is 2.47 bits per heavy atom. The number of rotatable bonds is 8. The minimum atomic E-state index is -0.843. The Kier molecular flexibility index (Phi) is 7.52. The Labute approximate surface area is 195 Å². The SMILES string of the molecule is CCN(CC)CCN1C(=O)C(=O)/C(=C(/O)c2ccncc2)C1c1cc(Br)c(O)c(OC)c1. The number of phenolic OH excluding ortho intramolecular Hbond substituents is 1. The summed E-state index contributed by atoms with van der Waals surface area (Å²) >= 11 is 3.31. The predicted molar refractivity (Wildman–Crippen MR) is 123 cm³/mol. The van der Waals surface area contributed by atoms with Gasteiger partial charge < -0.3 is 24.7 Å². The van der Waals surface area contributed by atoms with E-state index < -0.39 is 17.7 Å². The van der Waals surface area contributed by atoms with Crippen LogP contribution in [0.15, 0.2) is 46.7 Å². The molecule has 8 nitrogen and oxygen atoms in total. The molecular formula is C23H26BrN3O5. The number of ketones is 1. The van der Waals surface area contributed by atoms with E-state index in [2.05, 4.69) is 25.8 Å². The summed E-state index contributed by atoms with van der Waals surface area (Å²) in [5.41, 5.74) is 0.901. The van der Waals surface area contributed by atoms with Gasteiger partial charge in [0.05, 0.1) is 23.2 Å². The number of nitrogens with zero attached hydrogens (tertiary/aromatic N) is 3. The maximum Gasteiger partial charge on any atom is 0.295 e. The molecule has 1 aromatic heterocycles. The third kappa shape index (κ3) is 4.49. The highest BCUT2D eigenvalue weighted by atomic mass is 79.9. The van der Waals surface area contributed by atoms with Gasteiger partial charge in [0.25, 0.3) is 11.7 Å². The number of aliphatic hydroxyl groups is 1. The molecule has 1 amide bonds. The van der Waals surface area contributed by atoms with E-state index in [-0.39, 0.29) is 22.8 Å². The van der Waals surface area contributed by atoms with Gasteiger partial charge in [0.15, 0.2) is 11.5 Å². The van der Waals surface area contributed by atoms with Gasteiger partial charge in [-0.25, -0.2) is 0 Å². The van der Waals surface area contributed by atoms with E-state index >= 15 is 0 Å². The molecule has 1 atom stereocenters. The summed E-state index contributed by atoms with van der Waals surface area (Å²) in [6, 6.07) is 5.50. The lowest BCUT2D eigenvalue weighted by atomic mass is 9.95. The molecule has 2 aromatic rings. The minimum absolute atomic E-state index is 0.0135. The Bertz CT molecular complexity index is 1040. The van der Waals surface area contributed by atoms with Crippen molar-refractivity contribution in [3.8, 4) is 11.5 Å². The molecule has 0 radical (unpaired) electrons. The standard InChI is InChI=1S/C23H26BrN3O5/c1-4-26(5-2)10-11-27-19(15-12-16(24)21(29)17(13-15)32-3)18(22(30)23(27)31)20(28)14-6-8-25-9-7-14/h6-9,12-13,19,28-29H,4-5,10-11H2,1-3H3/b20-18+. The molecular weight excluding hydrogens is 478 g/mol. The van der Waals surface area contributed by atoms with E-state index in [1.807, 2.05) is 13.8 Å². The number of pyridine rings is 1. The molecule has 32 heavy (non-hydrogen) atoms. The Morgan fingerprint density at radius 1 is 1.22 bits per heavy atom. The van der Waals surface area contributed by atoms with Crippen LogP contribution in [-0.2, 0) is 9.59 Å². The highest BCUT2D eigenvalue weighted by molar-refractivity contribution is 9.10. The highest BCUT2D eigenvalue weighted by Gasteiger charge is 2.46. The van der Waals surface area contributed by atoms with Gasteiger partial charge >= 0.3 is 0 Å². The zero-order valence-electron chi connectivity index (χ0n) is 18.2. The first kappa shape index (κ1) is 23.7. The number of benzene rings is 1. The van der Waals surface area contributed by atoms with Crippen LogP contribution in [0, 0.1) is 0 Å². The van der Waals surface area contributed by atoms with Gasteiger partial charge in [-0.05, 0) is 58.8 Å². The second-order valence-electron chi connectivity index (χ2n) is 7.31. The number of methoxy groups -OCH3 is 1. The lowest BCUT2D eigenvalue weighted by molar-refractivity contribution is -0.140. The van der Waals surface area contributed by atoms with E-state index in [1.165, 1.54) is 24.4 Å². The summed E-state index contributed by atoms with van der Waals surface area (Å²) in [5, 5.41) is 21.3. The van der Waals surface area contributed by atoms with Crippen LogP contribution in [0.5, 0.6) is 11.5 Å². The topological polar surface area (TPSA) is 103 Å². The molecule has 0 bridgehead atoms. The van der Waals surface area contributed by atoms with E-state index in [0.717, 1.165) is 13.1 Å². The summed E-state index contributed by atoms with van der Waals surface area (Å²) in [6.07, 6.45) is 3.00. The molecule has 1 aromatic carbocycles. The number of likely N-dealkylation sites (tertiary alicyclic amines) is 1. The van der Waals surface area contributed by atoms with Gasteiger partial charge in [-0.3, -0.25) is 14.6 Å². The third-order valence-electron chi connectivity index (χ3n) is 5.63. The number of hydrogen-bond donors (Lipinski definition) is 2. The molecule has 1 unspecified atom stereocenters. The molecule has 3 rings (SSSR count). The van der Waals surface area contributed by atoms with Crippen molar-refractivity contribution in [2.45, 2.75) is 19.9 Å². The van der Waals surface area contributed by atoms with E-state index in [9.17, 15) is 19.8 Å². The smallest absolute Gasteiger partial charge is 0.295 e. The monoisotopic (exact) mass is 503 g/mol. The van der Waals surface area contributed by atoms with Crippen molar-refractivity contribution in [3.63, 3.8) is 0 Å². The Hall–Kier alpha value is -2.91. The normalized spacial score (nSPS) is 17.9. The molecule has 0 aliphatic carbocycles. The van der Waals surface area contributed by atoms with Crippen LogP contribution in [0.4, 0.5) is 0 Å². The minimum Gasteiger partial charge on any atom is -0.507 e. The number of carbonyl (C=O) groups is 2. The van der Waals surface area contributed by atoms with E-state index in [1.54, 1.807) is 24.3 Å². The van der Waals surface area contributed by atoms with Crippen molar-refractivity contribution in [1.29, 1.82) is 0 Å². The molecule has 0 spiro atoms. The number of aliphatic hydroxyl groups excluding tert-OH is 1. The largest absolute Gasteiger partial charge is 0.507 e. The van der Waals surface area contributed by atoms with Crippen LogP contribution < -0.4 is 4.74 Å². The molecule has 0 saturated carbocycles. The second kappa shape index (κ2) is 10.1. The van der Waals surface area contributed by atoms with Crippen molar-refractivity contribution in [2.75, 3.05) is 33.3 Å². The van der Waals surface area contributed by atoms with E-state index in [0.29, 0.717) is 28.7 Å². The number of likely N-dealkylation sites (N-methyl/N-ethyl adjacent to an activating group) is 1. The van der Waals surface area contributed by atoms with Crippen molar-refractivity contribution in [3.05, 3.63) is 57.8 Å². The van der Waals surface area contributed by atoms with Crippen molar-refractivity contribution < 1.29 is 24.5 Å². The summed E-state index contributed by atoms with van der Waals surface area (Å²) in [7, 11) is 1.42. The van der Waals surface area contributed by atoms with Gasteiger partial charge in [0.2, 0.25) is 0 Å². The van der Waals surface area contributed by atoms with Gasteiger partial charge in [-0.15, -0.1) is 0 Å². The second-order valence-corrected chi connectivity index (χ2v) is 8.16. The van der Waals surface area contributed by atoms with Gasteiger partial charge in [0.1, 0.15) is 5.76 Å². The van der Waals surface area contributed by atoms with Gasteiger partial charge in [0, 0.05) is 31.0 Å². The molecule has 1 aliphatic heterocycles. The average molecular weight is 504 g/mol. The maximum atomic E-state index is 13.1. The van der Waals surface area contributed by atoms with Crippen molar-refractivity contribution in [1.82, 2.24) is 14.8 Å². The van der Waals surface area contributed by atoms with Crippen LogP contribution in [-0.4, -0.2) is 70.0 Å². The zero-order chi connectivity index (χ0) is 23.4. The van der Waals surface area contributed by atoms with Crippen LogP contribution >= 0.6 is 15.9 Å². The fraction of sp³-hybridized carbons (Fsp3) is 0.348. The number of aromatic hydroxyl groups is 1. The fourth-order valence-electron chi connectivity index (χ4n) is 3.82. The summed E-state index contributed by atoms with van der Waals surface area (Å²) in [5.74, 6) is -1.62. The third-order valence-corrected chi connectivity index (χ3v) is 6.24. The summed E-state index contributed by atoms with van der Waals surface area (Å²) in [4.78, 5) is 33.7. The number of carbonyl (C=O) groups excluding carboxylic acids is 2. The number of aromatic nitrogens is 1. The first-order valence-electron chi connectivity index (χ1n) is 10.3. The molecule has 2 heterocycles. The van der Waals surface area contributed by atoms with Gasteiger partial charge in [-0.2, -0.15) is 0 Å². The lowest BCUT2D eigenvalue weighted by Gasteiger charge is -2.28. The maximum absolute atomic E-state index is 13.1. The fourth-order valence-corrected chi connectivity index (χ4v) is 4.28. The van der Waals surface area contributed by atoms with Crippen molar-refractivity contribution >= 4 is 33.4 Å². The van der Waals surface area contributed by atoms with Crippen LogP contribution in [0.2, 0.25) is 0 Å². The van der Waals surface area contributed by atoms with E-state index in [4.69, 9.17) is 4.74 Å². The number of Topliss-reactive ketones (excluding diaryl/α,β-unsaturated/α-hetero) is 1. The number of ether oxygens (including phenoxy) is 1. The highest BCUT2D eigenvalue weighted by Crippen LogP contribution is 2.44.